The minimum Gasteiger partial charge on any atom is -0.376 e. The minimum atomic E-state index is -0.670. The van der Waals surface area contributed by atoms with Gasteiger partial charge in [-0.25, -0.2) is 0 Å². The zero-order valence-corrected chi connectivity index (χ0v) is 15.2. The number of ether oxygens (including phenoxy) is 1. The number of hydrogen-bond donors (Lipinski definition) is 2. The number of H-pyrrole nitrogens is 1. The van der Waals surface area contributed by atoms with Crippen molar-refractivity contribution >= 4 is 28.3 Å². The molecule has 0 aliphatic carbocycles. The number of para-hydroxylation sites is 1. The van der Waals surface area contributed by atoms with Gasteiger partial charge >= 0.3 is 0 Å². The van der Waals surface area contributed by atoms with Crippen molar-refractivity contribution in [1.29, 1.82) is 0 Å². The highest BCUT2D eigenvalue weighted by Gasteiger charge is 2.23. The molecule has 140 valence electrons. The number of rotatable bonds is 5. The van der Waals surface area contributed by atoms with Crippen molar-refractivity contribution in [3.8, 4) is 0 Å². The van der Waals surface area contributed by atoms with Crippen LogP contribution in [-0.2, 0) is 16.1 Å². The predicted octanol–water partition coefficient (Wildman–Crippen LogP) is 3.06. The first-order valence-electron chi connectivity index (χ1n) is 9.19. The minimum absolute atomic E-state index is 0.151. The molecule has 0 bridgehead atoms. The molecule has 0 spiro atoms. The zero-order valence-electron chi connectivity index (χ0n) is 15.2. The summed E-state index contributed by atoms with van der Waals surface area (Å²) >= 11 is 0. The number of ketones is 1. The Balaban J connectivity index is 1.45. The van der Waals surface area contributed by atoms with Crippen LogP contribution in [0.4, 0.5) is 5.69 Å². The number of carbonyl (C=O) groups excluding carboxylic acids is 2. The molecule has 7 heteroatoms. The first-order valence-corrected chi connectivity index (χ1v) is 9.19. The Morgan fingerprint density at radius 2 is 2.19 bits per heavy atom. The van der Waals surface area contributed by atoms with Gasteiger partial charge in [-0.3, -0.25) is 14.3 Å². The molecule has 0 radical (unpaired) electrons. The van der Waals surface area contributed by atoms with E-state index in [1.54, 1.807) is 24.0 Å². The van der Waals surface area contributed by atoms with Gasteiger partial charge in [0.05, 0.1) is 30.1 Å². The van der Waals surface area contributed by atoms with Crippen molar-refractivity contribution in [2.45, 2.75) is 38.8 Å². The summed E-state index contributed by atoms with van der Waals surface area (Å²) in [7, 11) is 0. The fraction of sp³-hybridized carbons (Fsp3) is 0.350. The van der Waals surface area contributed by atoms with Crippen LogP contribution in [0.1, 0.15) is 35.3 Å². The molecular weight excluding hydrogens is 344 g/mol. The molecule has 2 aromatic heterocycles. The number of aromatic nitrogens is 3. The fourth-order valence-electron chi connectivity index (χ4n) is 3.56. The van der Waals surface area contributed by atoms with Crippen LogP contribution >= 0.6 is 0 Å². The van der Waals surface area contributed by atoms with Gasteiger partial charge in [-0.2, -0.15) is 5.10 Å². The largest absolute Gasteiger partial charge is 0.376 e. The van der Waals surface area contributed by atoms with Crippen LogP contribution in [0.2, 0.25) is 0 Å². The van der Waals surface area contributed by atoms with Gasteiger partial charge in [-0.15, -0.1) is 0 Å². The number of aromatic amines is 1. The van der Waals surface area contributed by atoms with E-state index in [4.69, 9.17) is 4.74 Å². The zero-order chi connectivity index (χ0) is 18.8. The Labute approximate surface area is 156 Å². The summed E-state index contributed by atoms with van der Waals surface area (Å²) in [5.41, 5.74) is 2.43. The van der Waals surface area contributed by atoms with Crippen LogP contribution < -0.4 is 5.32 Å². The molecule has 1 atom stereocenters. The Bertz CT molecular complexity index is 982. The van der Waals surface area contributed by atoms with Crippen molar-refractivity contribution < 1.29 is 14.3 Å². The van der Waals surface area contributed by atoms with Crippen LogP contribution in [-0.4, -0.2) is 39.2 Å². The number of nitrogens with one attached hydrogen (secondary N) is 2. The van der Waals surface area contributed by atoms with Crippen molar-refractivity contribution in [3.63, 3.8) is 0 Å². The van der Waals surface area contributed by atoms with Gasteiger partial charge in [0.25, 0.3) is 11.7 Å². The molecule has 3 heterocycles. The lowest BCUT2D eigenvalue weighted by Crippen LogP contribution is -2.25. The average molecular weight is 366 g/mol. The molecule has 27 heavy (non-hydrogen) atoms. The highest BCUT2D eigenvalue weighted by molar-refractivity contribution is 6.48. The topological polar surface area (TPSA) is 89.0 Å². The molecule has 1 amide bonds. The van der Waals surface area contributed by atoms with E-state index in [1.165, 1.54) is 0 Å². The van der Waals surface area contributed by atoms with Crippen molar-refractivity contribution in [2.75, 3.05) is 11.9 Å². The molecule has 0 saturated carbocycles. The van der Waals surface area contributed by atoms with Crippen LogP contribution in [0.5, 0.6) is 0 Å². The molecule has 1 aromatic carbocycles. The van der Waals surface area contributed by atoms with Gasteiger partial charge < -0.3 is 15.0 Å². The van der Waals surface area contributed by atoms with E-state index in [0.717, 1.165) is 36.8 Å². The molecule has 1 aliphatic heterocycles. The second kappa shape index (κ2) is 7.36. The maximum atomic E-state index is 12.7. The summed E-state index contributed by atoms with van der Waals surface area (Å²) in [5, 5.41) is 7.66. The van der Waals surface area contributed by atoms with Gasteiger partial charge in [0, 0.05) is 29.4 Å². The van der Waals surface area contributed by atoms with E-state index < -0.39 is 11.7 Å². The van der Waals surface area contributed by atoms with E-state index in [9.17, 15) is 9.59 Å². The van der Waals surface area contributed by atoms with Gasteiger partial charge in [0.2, 0.25) is 0 Å². The van der Waals surface area contributed by atoms with E-state index in [0.29, 0.717) is 23.5 Å². The number of hydrogen-bond acceptors (Lipinski definition) is 4. The average Bonchev–Trinajstić information content (AvgIpc) is 3.24. The van der Waals surface area contributed by atoms with E-state index in [-0.39, 0.29) is 6.10 Å². The van der Waals surface area contributed by atoms with Crippen molar-refractivity contribution in [1.82, 2.24) is 14.8 Å². The second-order valence-electron chi connectivity index (χ2n) is 6.89. The predicted molar refractivity (Wildman–Crippen MR) is 102 cm³/mol. The molecule has 1 unspecified atom stereocenters. The fourth-order valence-corrected chi connectivity index (χ4v) is 3.56. The van der Waals surface area contributed by atoms with E-state index in [2.05, 4.69) is 15.4 Å². The van der Waals surface area contributed by atoms with Crippen LogP contribution in [0.3, 0.4) is 0 Å². The maximum absolute atomic E-state index is 12.7. The van der Waals surface area contributed by atoms with Crippen LogP contribution in [0.15, 0.2) is 36.7 Å². The maximum Gasteiger partial charge on any atom is 0.296 e. The molecule has 1 fully saturated rings. The molecule has 7 nitrogen and oxygen atoms in total. The van der Waals surface area contributed by atoms with Crippen LogP contribution in [0.25, 0.3) is 10.9 Å². The number of aryl methyl sites for hydroxylation is 1. The highest BCUT2D eigenvalue weighted by Crippen LogP contribution is 2.23. The van der Waals surface area contributed by atoms with Gasteiger partial charge in [0.1, 0.15) is 0 Å². The highest BCUT2D eigenvalue weighted by atomic mass is 16.5. The Kier molecular flexibility index (Phi) is 4.77. The lowest BCUT2D eigenvalue weighted by molar-refractivity contribution is -0.112. The Morgan fingerprint density at radius 3 is 3.00 bits per heavy atom. The number of anilines is 1. The molecule has 2 N–H and O–H groups in total. The number of Topliss-reactive ketones (excluding diaryl/α,β-unsaturated/α-hetero) is 1. The molecule has 1 saturated heterocycles. The molecule has 1 aliphatic rings. The van der Waals surface area contributed by atoms with Gasteiger partial charge in [0.15, 0.2) is 0 Å². The van der Waals surface area contributed by atoms with E-state index in [1.807, 2.05) is 24.3 Å². The Morgan fingerprint density at radius 1 is 1.33 bits per heavy atom. The van der Waals surface area contributed by atoms with Crippen molar-refractivity contribution in [3.05, 3.63) is 47.9 Å². The monoisotopic (exact) mass is 366 g/mol. The number of amides is 1. The summed E-state index contributed by atoms with van der Waals surface area (Å²) in [6, 6.07) is 7.45. The molecule has 3 aromatic rings. The number of benzene rings is 1. The van der Waals surface area contributed by atoms with E-state index >= 15 is 0 Å². The summed E-state index contributed by atoms with van der Waals surface area (Å²) < 4.78 is 7.45. The normalized spacial score (nSPS) is 17.1. The third-order valence-electron chi connectivity index (χ3n) is 4.88. The summed E-state index contributed by atoms with van der Waals surface area (Å²) in [6.07, 6.45) is 6.71. The van der Waals surface area contributed by atoms with Gasteiger partial charge in [-0.05, 0) is 32.3 Å². The lowest BCUT2D eigenvalue weighted by atomic mass is 10.1. The third kappa shape index (κ3) is 3.64. The smallest absolute Gasteiger partial charge is 0.296 e. The number of nitrogens with zero attached hydrogens (tertiary/aromatic N) is 2. The molecule has 4 rings (SSSR count). The van der Waals surface area contributed by atoms with Crippen molar-refractivity contribution in [2.24, 2.45) is 0 Å². The first kappa shape index (κ1) is 17.5. The number of fused-ring (bicyclic) bond motifs is 1. The standard InChI is InChI=1S/C20H22N4O3/c1-13-18(16-7-2-3-8-17(16)22-13)19(25)20(26)23-14-10-21-24(11-14)12-15-6-4-5-9-27-15/h2-3,7-8,10-11,15,22H,4-6,9,12H2,1H3,(H,23,26). The number of carbonyl (C=O) groups is 2. The third-order valence-corrected chi connectivity index (χ3v) is 4.88. The molecular formula is C20H22N4O3. The lowest BCUT2D eigenvalue weighted by Gasteiger charge is -2.22. The second-order valence-corrected chi connectivity index (χ2v) is 6.89. The van der Waals surface area contributed by atoms with Gasteiger partial charge in [-0.1, -0.05) is 18.2 Å². The summed E-state index contributed by atoms with van der Waals surface area (Å²) in [6.45, 7) is 3.22. The SMILES string of the molecule is Cc1[nH]c2ccccc2c1C(=O)C(=O)Nc1cnn(CC2CCCCO2)c1. The van der Waals surface area contributed by atoms with Crippen LogP contribution in [0, 0.1) is 6.92 Å². The Hall–Kier alpha value is -2.93. The summed E-state index contributed by atoms with van der Waals surface area (Å²) in [5.74, 6) is -1.23. The first-order chi connectivity index (χ1) is 13.1. The summed E-state index contributed by atoms with van der Waals surface area (Å²) in [4.78, 5) is 28.3. The quantitative estimate of drug-likeness (QED) is 0.536.